The van der Waals surface area contributed by atoms with Gasteiger partial charge in [-0.05, 0) is 35.4 Å². The molecule has 2 heterocycles. The van der Waals surface area contributed by atoms with Gasteiger partial charge in [0.1, 0.15) is 5.82 Å². The molecule has 0 spiro atoms. The first-order valence-electron chi connectivity index (χ1n) is 9.06. The van der Waals surface area contributed by atoms with E-state index in [0.29, 0.717) is 18.2 Å². The van der Waals surface area contributed by atoms with Gasteiger partial charge in [0.05, 0.1) is 23.0 Å². The van der Waals surface area contributed by atoms with Gasteiger partial charge in [-0.25, -0.2) is 9.37 Å². The van der Waals surface area contributed by atoms with Crippen LogP contribution < -0.4 is 0 Å². The number of fused-ring (bicyclic) bond motifs is 1. The van der Waals surface area contributed by atoms with Crippen molar-refractivity contribution >= 4 is 27.5 Å². The van der Waals surface area contributed by atoms with E-state index in [1.54, 1.807) is 30.3 Å². The average molecular weight is 410 g/mol. The number of nitrogens with zero attached hydrogens (tertiary/aromatic N) is 3. The standard InChI is InChI=1S/C21H19FN4O2S/c1-28-8-7-26(13-14-3-2-4-17(22)9-14)21(27)20-25-18-6-5-15(10-19(18)29-20)16-11-23-24-12-16/h2-6,9-12H,7-8,13H2,1H3,(H,23,24). The van der Waals surface area contributed by atoms with Crippen molar-refractivity contribution in [1.82, 2.24) is 20.1 Å². The number of thiazole rings is 1. The van der Waals surface area contributed by atoms with Crippen LogP contribution in [0.5, 0.6) is 0 Å². The third-order valence-corrected chi connectivity index (χ3v) is 5.52. The number of halogens is 1. The number of methoxy groups -OCH3 is 1. The van der Waals surface area contributed by atoms with E-state index in [2.05, 4.69) is 15.2 Å². The normalized spacial score (nSPS) is 11.1. The van der Waals surface area contributed by atoms with E-state index in [4.69, 9.17) is 4.74 Å². The number of benzene rings is 2. The molecule has 0 fully saturated rings. The Morgan fingerprint density at radius 2 is 2.14 bits per heavy atom. The van der Waals surface area contributed by atoms with E-state index in [1.165, 1.54) is 23.5 Å². The summed E-state index contributed by atoms with van der Waals surface area (Å²) in [5, 5.41) is 7.17. The molecule has 148 valence electrons. The maximum Gasteiger partial charge on any atom is 0.283 e. The Labute approximate surface area is 171 Å². The summed E-state index contributed by atoms with van der Waals surface area (Å²) < 4.78 is 19.6. The van der Waals surface area contributed by atoms with E-state index < -0.39 is 0 Å². The van der Waals surface area contributed by atoms with Crippen LogP contribution in [0.3, 0.4) is 0 Å². The highest BCUT2D eigenvalue weighted by molar-refractivity contribution is 7.20. The summed E-state index contributed by atoms with van der Waals surface area (Å²) in [5.41, 5.74) is 3.46. The van der Waals surface area contributed by atoms with Gasteiger partial charge in [-0.2, -0.15) is 5.10 Å². The minimum absolute atomic E-state index is 0.197. The van der Waals surface area contributed by atoms with E-state index in [-0.39, 0.29) is 18.3 Å². The molecular weight excluding hydrogens is 391 g/mol. The predicted octanol–water partition coefficient (Wildman–Crippen LogP) is 4.11. The van der Waals surface area contributed by atoms with Crippen LogP contribution in [-0.4, -0.2) is 46.2 Å². The van der Waals surface area contributed by atoms with Crippen LogP contribution in [-0.2, 0) is 11.3 Å². The maximum atomic E-state index is 13.5. The van der Waals surface area contributed by atoms with Gasteiger partial charge in [0.15, 0.2) is 5.01 Å². The molecule has 8 heteroatoms. The number of carbonyl (C=O) groups excluding carboxylic acids is 1. The Bertz CT molecular complexity index is 1130. The minimum atomic E-state index is -0.326. The van der Waals surface area contributed by atoms with Gasteiger partial charge in [-0.1, -0.05) is 18.2 Å². The highest BCUT2D eigenvalue weighted by atomic mass is 32.1. The first-order chi connectivity index (χ1) is 14.1. The van der Waals surface area contributed by atoms with Gasteiger partial charge >= 0.3 is 0 Å². The molecule has 0 atom stereocenters. The van der Waals surface area contributed by atoms with Crippen molar-refractivity contribution in [3.05, 3.63) is 71.2 Å². The first-order valence-corrected chi connectivity index (χ1v) is 9.88. The smallest absolute Gasteiger partial charge is 0.283 e. The van der Waals surface area contributed by atoms with Gasteiger partial charge in [0.25, 0.3) is 5.91 Å². The van der Waals surface area contributed by atoms with Gasteiger partial charge < -0.3 is 9.64 Å². The summed E-state index contributed by atoms with van der Waals surface area (Å²) in [6.07, 6.45) is 3.57. The molecule has 0 saturated carbocycles. The highest BCUT2D eigenvalue weighted by Crippen LogP contribution is 2.28. The number of nitrogens with one attached hydrogen (secondary N) is 1. The van der Waals surface area contributed by atoms with Crippen molar-refractivity contribution in [3.8, 4) is 11.1 Å². The number of hydrogen-bond acceptors (Lipinski definition) is 5. The number of aromatic nitrogens is 3. The molecule has 0 saturated heterocycles. The number of ether oxygens (including phenoxy) is 1. The van der Waals surface area contributed by atoms with Crippen molar-refractivity contribution in [3.63, 3.8) is 0 Å². The Morgan fingerprint density at radius 3 is 2.90 bits per heavy atom. The van der Waals surface area contributed by atoms with Crippen LogP contribution >= 0.6 is 11.3 Å². The molecular formula is C21H19FN4O2S. The third-order valence-electron chi connectivity index (χ3n) is 4.52. The molecule has 0 aliphatic heterocycles. The van der Waals surface area contributed by atoms with Crippen LogP contribution in [0.15, 0.2) is 54.9 Å². The third kappa shape index (κ3) is 4.33. The largest absolute Gasteiger partial charge is 0.383 e. The highest BCUT2D eigenvalue weighted by Gasteiger charge is 2.20. The van der Waals surface area contributed by atoms with Crippen molar-refractivity contribution in [2.24, 2.45) is 0 Å². The topological polar surface area (TPSA) is 71.1 Å². The van der Waals surface area contributed by atoms with Crippen molar-refractivity contribution in [2.75, 3.05) is 20.3 Å². The molecule has 1 amide bonds. The summed E-state index contributed by atoms with van der Waals surface area (Å²) in [4.78, 5) is 19.3. The molecule has 0 aliphatic rings. The molecule has 29 heavy (non-hydrogen) atoms. The molecule has 2 aromatic carbocycles. The Balaban J connectivity index is 1.61. The summed E-state index contributed by atoms with van der Waals surface area (Å²) >= 11 is 1.34. The lowest BCUT2D eigenvalue weighted by Crippen LogP contribution is -2.33. The van der Waals surface area contributed by atoms with Gasteiger partial charge in [-0.15, -0.1) is 11.3 Å². The fourth-order valence-electron chi connectivity index (χ4n) is 3.05. The van der Waals surface area contributed by atoms with Crippen molar-refractivity contribution in [1.29, 1.82) is 0 Å². The first kappa shape index (κ1) is 19.2. The molecule has 0 unspecified atom stereocenters. The lowest BCUT2D eigenvalue weighted by Gasteiger charge is -2.21. The van der Waals surface area contributed by atoms with Crippen LogP contribution in [0.1, 0.15) is 15.4 Å². The van der Waals surface area contributed by atoms with Crippen molar-refractivity contribution < 1.29 is 13.9 Å². The molecule has 2 aromatic heterocycles. The average Bonchev–Trinajstić information content (AvgIpc) is 3.39. The fraction of sp³-hybridized carbons (Fsp3) is 0.190. The van der Waals surface area contributed by atoms with Gasteiger partial charge in [0.2, 0.25) is 0 Å². The summed E-state index contributed by atoms with van der Waals surface area (Å²) in [6, 6.07) is 12.1. The second-order valence-corrected chi connectivity index (χ2v) is 7.57. The Morgan fingerprint density at radius 1 is 1.24 bits per heavy atom. The summed E-state index contributed by atoms with van der Waals surface area (Å²) in [6.45, 7) is 1.06. The Hall–Kier alpha value is -3.10. The van der Waals surface area contributed by atoms with Crippen LogP contribution in [0.25, 0.3) is 21.3 Å². The molecule has 0 radical (unpaired) electrons. The van der Waals surface area contributed by atoms with E-state index >= 15 is 0 Å². The second kappa shape index (κ2) is 8.50. The van der Waals surface area contributed by atoms with E-state index in [1.807, 2.05) is 24.4 Å². The SMILES string of the molecule is COCCN(Cc1cccc(F)c1)C(=O)c1nc2ccc(-c3cn[nH]c3)cc2s1. The minimum Gasteiger partial charge on any atom is -0.383 e. The van der Waals surface area contributed by atoms with E-state index in [0.717, 1.165) is 26.9 Å². The van der Waals surface area contributed by atoms with E-state index in [9.17, 15) is 9.18 Å². The number of carbonyl (C=O) groups is 1. The molecule has 0 aliphatic carbocycles. The van der Waals surface area contributed by atoms with Crippen LogP contribution in [0, 0.1) is 5.82 Å². The molecule has 6 nitrogen and oxygen atoms in total. The monoisotopic (exact) mass is 410 g/mol. The molecule has 0 bridgehead atoms. The number of aromatic amines is 1. The number of rotatable bonds is 7. The van der Waals surface area contributed by atoms with Gasteiger partial charge in [0, 0.05) is 32.0 Å². The summed E-state index contributed by atoms with van der Waals surface area (Å²) in [7, 11) is 1.58. The number of hydrogen-bond donors (Lipinski definition) is 1. The predicted molar refractivity (Wildman–Crippen MR) is 110 cm³/mol. The summed E-state index contributed by atoms with van der Waals surface area (Å²) in [5.74, 6) is -0.522. The zero-order valence-corrected chi connectivity index (χ0v) is 16.6. The number of amides is 1. The number of H-pyrrole nitrogens is 1. The molecule has 4 rings (SSSR count). The van der Waals surface area contributed by atoms with Crippen molar-refractivity contribution in [2.45, 2.75) is 6.54 Å². The lowest BCUT2D eigenvalue weighted by atomic mass is 10.1. The molecule has 1 N–H and O–H groups in total. The Kier molecular flexibility index (Phi) is 5.64. The lowest BCUT2D eigenvalue weighted by molar-refractivity contribution is 0.0680. The second-order valence-electron chi connectivity index (χ2n) is 6.54. The van der Waals surface area contributed by atoms with Gasteiger partial charge in [-0.3, -0.25) is 9.89 Å². The zero-order valence-electron chi connectivity index (χ0n) is 15.8. The van der Waals surface area contributed by atoms with Crippen LogP contribution in [0.2, 0.25) is 0 Å². The maximum absolute atomic E-state index is 13.5. The molecule has 4 aromatic rings. The fourth-order valence-corrected chi connectivity index (χ4v) is 4.02. The quantitative estimate of drug-likeness (QED) is 0.498. The van der Waals surface area contributed by atoms with Crippen LogP contribution in [0.4, 0.5) is 4.39 Å². The zero-order chi connectivity index (χ0) is 20.2.